The fourth-order valence-corrected chi connectivity index (χ4v) is 2.49. The first-order chi connectivity index (χ1) is 11.0. The predicted molar refractivity (Wildman–Crippen MR) is 88.5 cm³/mol. The Labute approximate surface area is 142 Å². The van der Waals surface area contributed by atoms with Gasteiger partial charge in [-0.1, -0.05) is 35.5 Å². The molecule has 0 heterocycles. The van der Waals surface area contributed by atoms with E-state index >= 15 is 0 Å². The number of amides is 1. The van der Waals surface area contributed by atoms with Gasteiger partial charge in [0.05, 0.1) is 5.69 Å². The molecule has 0 bridgehead atoms. The second kappa shape index (κ2) is 8.17. The Kier molecular flexibility index (Phi) is 6.24. The molecule has 2 rings (SSSR count). The monoisotopic (exact) mass is 357 g/mol. The van der Waals surface area contributed by atoms with Crippen molar-refractivity contribution in [2.24, 2.45) is 0 Å². The summed E-state index contributed by atoms with van der Waals surface area (Å²) in [5.74, 6) is -2.50. The number of nitrogens with one attached hydrogen (secondary N) is 1. The number of carbonyl (C=O) groups excluding carboxylic acids is 1. The topological polar surface area (TPSA) is 38.3 Å². The van der Waals surface area contributed by atoms with Crippen LogP contribution in [0.1, 0.15) is 6.92 Å². The van der Waals surface area contributed by atoms with Gasteiger partial charge < -0.3 is 10.1 Å². The second-order valence-corrected chi connectivity index (χ2v) is 6.05. The lowest BCUT2D eigenvalue weighted by molar-refractivity contribution is -0.122. The van der Waals surface area contributed by atoms with Crippen molar-refractivity contribution in [3.8, 4) is 5.75 Å². The van der Waals surface area contributed by atoms with Crippen LogP contribution in [-0.4, -0.2) is 17.8 Å². The highest BCUT2D eigenvalue weighted by atomic mass is 35.5. The molecule has 1 amide bonds. The van der Waals surface area contributed by atoms with Crippen LogP contribution in [-0.2, 0) is 4.79 Å². The summed E-state index contributed by atoms with van der Waals surface area (Å²) >= 11 is 6.16. The van der Waals surface area contributed by atoms with Crippen molar-refractivity contribution >= 4 is 35.0 Å². The van der Waals surface area contributed by atoms with E-state index in [0.717, 1.165) is 0 Å². The lowest BCUT2D eigenvalue weighted by atomic mass is 10.3. The molecule has 3 nitrogen and oxygen atoms in total. The van der Waals surface area contributed by atoms with E-state index in [-0.39, 0.29) is 0 Å². The van der Waals surface area contributed by atoms with Gasteiger partial charge in [-0.3, -0.25) is 4.79 Å². The summed E-state index contributed by atoms with van der Waals surface area (Å²) in [5, 5.41) is 3.17. The summed E-state index contributed by atoms with van der Waals surface area (Å²) in [7, 11) is 0. The van der Waals surface area contributed by atoms with Gasteiger partial charge in [-0.15, -0.1) is 0 Å². The molecular weight excluding hydrogens is 344 g/mol. The zero-order chi connectivity index (χ0) is 16.8. The smallest absolute Gasteiger partial charge is 0.288 e. The molecule has 0 aromatic heterocycles. The molecule has 1 N–H and O–H groups in total. The maximum absolute atomic E-state index is 12.5. The fraction of sp³-hybridized carbons (Fsp3) is 0.188. The molecule has 2 aromatic carbocycles. The quantitative estimate of drug-likeness (QED) is 0.734. The van der Waals surface area contributed by atoms with Gasteiger partial charge in [0.25, 0.3) is 11.7 Å². The summed E-state index contributed by atoms with van der Waals surface area (Å²) in [5.41, 5.74) is 0.328. The van der Waals surface area contributed by atoms with Crippen LogP contribution in [0.3, 0.4) is 0 Å². The molecule has 7 heteroatoms. The summed E-state index contributed by atoms with van der Waals surface area (Å²) in [6.07, 6.45) is -0.791. The van der Waals surface area contributed by atoms with E-state index < -0.39 is 17.8 Å². The van der Waals surface area contributed by atoms with Crippen molar-refractivity contribution in [3.05, 3.63) is 53.6 Å². The minimum atomic E-state index is -2.56. The molecule has 0 aliphatic heterocycles. The van der Waals surface area contributed by atoms with E-state index in [1.54, 1.807) is 49.4 Å². The van der Waals surface area contributed by atoms with Crippen LogP contribution < -0.4 is 10.1 Å². The molecule has 0 saturated heterocycles. The third-order valence-corrected chi connectivity index (χ3v) is 3.90. The Balaban J connectivity index is 2.02. The van der Waals surface area contributed by atoms with Gasteiger partial charge in [-0.05, 0) is 43.3 Å². The molecule has 122 valence electrons. The first-order valence-corrected chi connectivity index (χ1v) is 7.98. The van der Waals surface area contributed by atoms with Crippen molar-refractivity contribution in [1.29, 1.82) is 0 Å². The highest BCUT2D eigenvalue weighted by molar-refractivity contribution is 7.99. The van der Waals surface area contributed by atoms with E-state index in [1.807, 2.05) is 0 Å². The van der Waals surface area contributed by atoms with Gasteiger partial charge in [0.1, 0.15) is 5.75 Å². The number of hydrogen-bond acceptors (Lipinski definition) is 3. The van der Waals surface area contributed by atoms with Crippen LogP contribution in [0.4, 0.5) is 14.5 Å². The molecule has 2 aromatic rings. The number of ether oxygens (including phenoxy) is 1. The zero-order valence-electron chi connectivity index (χ0n) is 12.1. The largest absolute Gasteiger partial charge is 0.481 e. The number of benzene rings is 2. The number of carbonyl (C=O) groups is 1. The van der Waals surface area contributed by atoms with Gasteiger partial charge in [0, 0.05) is 9.92 Å². The average molecular weight is 358 g/mol. The van der Waals surface area contributed by atoms with Crippen LogP contribution in [0.5, 0.6) is 5.75 Å². The highest BCUT2D eigenvalue weighted by Gasteiger charge is 2.17. The summed E-state index contributed by atoms with van der Waals surface area (Å²) in [6.45, 7) is 1.58. The molecule has 23 heavy (non-hydrogen) atoms. The van der Waals surface area contributed by atoms with Gasteiger partial charge >= 0.3 is 0 Å². The van der Waals surface area contributed by atoms with Crippen molar-refractivity contribution in [2.45, 2.75) is 23.7 Å². The SMILES string of the molecule is CC(Oc1ccc(Cl)cc1)C(=O)Nc1ccccc1SC(F)F. The Morgan fingerprint density at radius 3 is 2.48 bits per heavy atom. The van der Waals surface area contributed by atoms with Gasteiger partial charge in [0.15, 0.2) is 6.10 Å². The Hall–Kier alpha value is -1.79. The summed E-state index contributed by atoms with van der Waals surface area (Å²) in [4.78, 5) is 12.5. The predicted octanol–water partition coefficient (Wildman–Crippen LogP) is 5.06. The number of alkyl halides is 2. The number of rotatable bonds is 6. The lowest BCUT2D eigenvalue weighted by Crippen LogP contribution is -2.30. The van der Waals surface area contributed by atoms with Gasteiger partial charge in [-0.25, -0.2) is 0 Å². The third-order valence-electron chi connectivity index (χ3n) is 2.86. The van der Waals surface area contributed by atoms with E-state index in [9.17, 15) is 13.6 Å². The van der Waals surface area contributed by atoms with Crippen LogP contribution in [0, 0.1) is 0 Å². The van der Waals surface area contributed by atoms with E-state index in [2.05, 4.69) is 5.32 Å². The summed E-state index contributed by atoms with van der Waals surface area (Å²) in [6, 6.07) is 13.0. The number of anilines is 1. The molecular formula is C16H14ClF2NO2S. The first-order valence-electron chi connectivity index (χ1n) is 6.72. The fourth-order valence-electron chi connectivity index (χ4n) is 1.77. The molecule has 0 radical (unpaired) electrons. The molecule has 0 spiro atoms. The number of hydrogen-bond donors (Lipinski definition) is 1. The van der Waals surface area contributed by atoms with Crippen LogP contribution in [0.25, 0.3) is 0 Å². The maximum atomic E-state index is 12.5. The number of thioether (sulfide) groups is 1. The number of para-hydroxylation sites is 1. The second-order valence-electron chi connectivity index (χ2n) is 4.58. The minimum Gasteiger partial charge on any atom is -0.481 e. The minimum absolute atomic E-state index is 0.301. The van der Waals surface area contributed by atoms with Crippen molar-refractivity contribution in [3.63, 3.8) is 0 Å². The standard InChI is InChI=1S/C16H14ClF2NO2S/c1-10(22-12-8-6-11(17)7-9-12)15(21)20-13-4-2-3-5-14(13)23-16(18)19/h2-10,16H,1H3,(H,20,21). The third kappa shape index (κ3) is 5.41. The van der Waals surface area contributed by atoms with Crippen molar-refractivity contribution in [2.75, 3.05) is 5.32 Å². The normalized spacial score (nSPS) is 12.0. The van der Waals surface area contributed by atoms with E-state index in [4.69, 9.17) is 16.3 Å². The Morgan fingerprint density at radius 1 is 1.17 bits per heavy atom. The van der Waals surface area contributed by atoms with Crippen LogP contribution in [0.2, 0.25) is 5.02 Å². The molecule has 0 fully saturated rings. The van der Waals surface area contributed by atoms with Crippen molar-refractivity contribution < 1.29 is 18.3 Å². The number of halogens is 3. The first kappa shape index (κ1) is 17.6. The highest BCUT2D eigenvalue weighted by Crippen LogP contribution is 2.31. The zero-order valence-corrected chi connectivity index (χ0v) is 13.7. The van der Waals surface area contributed by atoms with E-state index in [0.29, 0.717) is 33.1 Å². The molecule has 0 saturated carbocycles. The molecule has 1 unspecified atom stereocenters. The molecule has 1 atom stereocenters. The van der Waals surface area contributed by atoms with Gasteiger partial charge in [-0.2, -0.15) is 8.78 Å². The van der Waals surface area contributed by atoms with Crippen molar-refractivity contribution in [1.82, 2.24) is 0 Å². The van der Waals surface area contributed by atoms with Crippen LogP contribution in [0.15, 0.2) is 53.4 Å². The van der Waals surface area contributed by atoms with E-state index in [1.165, 1.54) is 6.07 Å². The van der Waals surface area contributed by atoms with Crippen LogP contribution >= 0.6 is 23.4 Å². The molecule has 0 aliphatic rings. The molecule has 0 aliphatic carbocycles. The Morgan fingerprint density at radius 2 is 1.83 bits per heavy atom. The maximum Gasteiger partial charge on any atom is 0.288 e. The average Bonchev–Trinajstić information content (AvgIpc) is 2.51. The summed E-state index contributed by atoms with van der Waals surface area (Å²) < 4.78 is 30.6. The Bertz CT molecular complexity index is 667. The van der Waals surface area contributed by atoms with Gasteiger partial charge in [0.2, 0.25) is 0 Å². The lowest BCUT2D eigenvalue weighted by Gasteiger charge is -2.16.